The lowest BCUT2D eigenvalue weighted by Gasteiger charge is -2.11. The van der Waals surface area contributed by atoms with Crippen molar-refractivity contribution in [3.05, 3.63) is 89.1 Å². The van der Waals surface area contributed by atoms with Gasteiger partial charge in [0.2, 0.25) is 0 Å². The van der Waals surface area contributed by atoms with Gasteiger partial charge >= 0.3 is 11.9 Å². The fourth-order valence-corrected chi connectivity index (χ4v) is 4.39. The van der Waals surface area contributed by atoms with Crippen LogP contribution in [0.25, 0.3) is 22.0 Å². The minimum Gasteiger partial charge on any atom is -0.489 e. The van der Waals surface area contributed by atoms with Crippen LogP contribution in [0, 0.1) is 18.6 Å². The molecule has 184 valence electrons. The molecule has 0 amide bonds. The van der Waals surface area contributed by atoms with Crippen LogP contribution < -0.4 is 10.1 Å². The van der Waals surface area contributed by atoms with E-state index < -0.39 is 29.6 Å². The highest BCUT2D eigenvalue weighted by Gasteiger charge is 2.26. The van der Waals surface area contributed by atoms with Gasteiger partial charge in [0.25, 0.3) is 0 Å². The monoisotopic (exact) mass is 490 g/mol. The first kappa shape index (κ1) is 23.7. The Morgan fingerprint density at radius 2 is 1.86 bits per heavy atom. The number of H-pyrrole nitrogens is 1. The summed E-state index contributed by atoms with van der Waals surface area (Å²) in [6.07, 6.45) is 1.53. The van der Waals surface area contributed by atoms with Crippen LogP contribution in [-0.4, -0.2) is 29.5 Å². The summed E-state index contributed by atoms with van der Waals surface area (Å²) >= 11 is 0. The second-order valence-corrected chi connectivity index (χ2v) is 8.83. The molecule has 0 bridgehead atoms. The van der Waals surface area contributed by atoms with Crippen LogP contribution in [0.1, 0.15) is 34.5 Å². The van der Waals surface area contributed by atoms with E-state index in [0.29, 0.717) is 23.1 Å². The van der Waals surface area contributed by atoms with Crippen LogP contribution in [0.3, 0.4) is 0 Å². The Balaban J connectivity index is 1.26. The molecular weight excluding hydrogens is 466 g/mol. The van der Waals surface area contributed by atoms with E-state index in [1.165, 1.54) is 6.07 Å². The molecule has 0 unspecified atom stereocenters. The number of halogens is 2. The molecule has 1 saturated heterocycles. The number of aromatic amines is 1. The Hall–Kier alpha value is -4.04. The Kier molecular flexibility index (Phi) is 6.52. The van der Waals surface area contributed by atoms with Crippen molar-refractivity contribution >= 4 is 22.8 Å². The number of nitrogens with one attached hydrogen (secondary N) is 2. The lowest BCUT2D eigenvalue weighted by Crippen LogP contribution is -2.33. The second kappa shape index (κ2) is 9.91. The average Bonchev–Trinajstić information content (AvgIpc) is 3.56. The van der Waals surface area contributed by atoms with Gasteiger partial charge in [0.1, 0.15) is 18.4 Å². The standard InChI is InChI=1S/C28H24F2N2O4/c1-16-12-22-21(14-23(29)25(30)26(22)32-16)18-7-9-20(10-8-18)35-15-17-4-2-5-19(13-17)27(33)36-28(34)24-6-3-11-31-24/h2,4-5,7-10,12-14,24,31-32H,3,6,11,15H2,1H3/t24-/m0/s1. The number of aromatic nitrogens is 1. The third-order valence-electron chi connectivity index (χ3n) is 6.21. The molecule has 1 aliphatic heterocycles. The van der Waals surface area contributed by atoms with E-state index in [2.05, 4.69) is 10.3 Å². The molecule has 4 aromatic rings. The number of hydrogen-bond acceptors (Lipinski definition) is 5. The first-order valence-corrected chi connectivity index (χ1v) is 11.7. The average molecular weight is 491 g/mol. The van der Waals surface area contributed by atoms with E-state index >= 15 is 0 Å². The molecule has 2 heterocycles. The molecule has 8 heteroatoms. The van der Waals surface area contributed by atoms with Gasteiger partial charge in [-0.3, -0.25) is 0 Å². The van der Waals surface area contributed by atoms with Crippen molar-refractivity contribution in [1.82, 2.24) is 10.3 Å². The molecule has 0 saturated carbocycles. The quantitative estimate of drug-likeness (QED) is 0.278. The molecule has 1 atom stereocenters. The van der Waals surface area contributed by atoms with E-state index in [0.717, 1.165) is 29.8 Å². The topological polar surface area (TPSA) is 80.4 Å². The summed E-state index contributed by atoms with van der Waals surface area (Å²) in [5.41, 5.74) is 3.17. The molecular formula is C28H24F2N2O4. The fraction of sp³-hybridized carbons (Fsp3) is 0.214. The number of carbonyl (C=O) groups is 2. The lowest BCUT2D eigenvalue weighted by molar-refractivity contribution is -0.139. The van der Waals surface area contributed by atoms with Crippen molar-refractivity contribution in [2.45, 2.75) is 32.4 Å². The van der Waals surface area contributed by atoms with Crippen LogP contribution in [0.5, 0.6) is 5.75 Å². The first-order chi connectivity index (χ1) is 17.4. The van der Waals surface area contributed by atoms with Crippen LogP contribution in [0.15, 0.2) is 60.7 Å². The van der Waals surface area contributed by atoms with Gasteiger partial charge in [-0.25, -0.2) is 18.4 Å². The molecule has 0 spiro atoms. The zero-order chi connectivity index (χ0) is 25.2. The SMILES string of the molecule is Cc1cc2c(-c3ccc(OCc4cccc(C(=O)OC(=O)[C@@H]5CCCN5)c4)cc3)cc(F)c(F)c2[nH]1. The van der Waals surface area contributed by atoms with Crippen molar-refractivity contribution in [2.24, 2.45) is 0 Å². The van der Waals surface area contributed by atoms with Crippen molar-refractivity contribution < 1.29 is 27.8 Å². The number of ether oxygens (including phenoxy) is 2. The number of esters is 2. The second-order valence-electron chi connectivity index (χ2n) is 8.83. The zero-order valence-electron chi connectivity index (χ0n) is 19.6. The number of aryl methyl sites for hydroxylation is 1. The third kappa shape index (κ3) is 4.85. The van der Waals surface area contributed by atoms with Crippen LogP contribution >= 0.6 is 0 Å². The highest BCUT2D eigenvalue weighted by atomic mass is 19.2. The summed E-state index contributed by atoms with van der Waals surface area (Å²) in [7, 11) is 0. The van der Waals surface area contributed by atoms with Gasteiger partial charge in [-0.1, -0.05) is 24.3 Å². The maximum Gasteiger partial charge on any atom is 0.345 e. The fourth-order valence-electron chi connectivity index (χ4n) is 4.39. The predicted molar refractivity (Wildman–Crippen MR) is 131 cm³/mol. The van der Waals surface area contributed by atoms with Gasteiger partial charge in [0.05, 0.1) is 11.1 Å². The van der Waals surface area contributed by atoms with Crippen molar-refractivity contribution in [3.8, 4) is 16.9 Å². The molecule has 3 aromatic carbocycles. The molecule has 5 rings (SSSR count). The van der Waals surface area contributed by atoms with E-state index in [4.69, 9.17) is 9.47 Å². The number of benzene rings is 3. The van der Waals surface area contributed by atoms with E-state index in [-0.39, 0.29) is 17.7 Å². The lowest BCUT2D eigenvalue weighted by atomic mass is 10.0. The maximum absolute atomic E-state index is 14.2. The zero-order valence-corrected chi connectivity index (χ0v) is 19.6. The van der Waals surface area contributed by atoms with Crippen molar-refractivity contribution in [1.29, 1.82) is 0 Å². The van der Waals surface area contributed by atoms with E-state index in [1.54, 1.807) is 61.5 Å². The Bertz CT molecular complexity index is 1440. The number of rotatable bonds is 6. The van der Waals surface area contributed by atoms with Crippen LogP contribution in [0.4, 0.5) is 8.78 Å². The first-order valence-electron chi connectivity index (χ1n) is 11.7. The molecule has 1 aliphatic rings. The smallest absolute Gasteiger partial charge is 0.345 e. The predicted octanol–water partition coefficient (Wildman–Crippen LogP) is 5.44. The Morgan fingerprint density at radius 3 is 2.61 bits per heavy atom. The van der Waals surface area contributed by atoms with Gasteiger partial charge in [-0.2, -0.15) is 0 Å². The molecule has 0 aliphatic carbocycles. The molecule has 6 nitrogen and oxygen atoms in total. The molecule has 36 heavy (non-hydrogen) atoms. The summed E-state index contributed by atoms with van der Waals surface area (Å²) in [5, 5.41) is 3.61. The van der Waals surface area contributed by atoms with Crippen molar-refractivity contribution in [2.75, 3.05) is 6.54 Å². The number of carbonyl (C=O) groups excluding carboxylic acids is 2. The normalized spacial score (nSPS) is 15.2. The number of hydrogen-bond donors (Lipinski definition) is 2. The Labute approximate surface area is 206 Å². The summed E-state index contributed by atoms with van der Waals surface area (Å²) in [6.45, 7) is 2.71. The highest BCUT2D eigenvalue weighted by molar-refractivity contribution is 5.98. The van der Waals surface area contributed by atoms with E-state index in [9.17, 15) is 18.4 Å². The van der Waals surface area contributed by atoms with E-state index in [1.807, 2.05) is 0 Å². The molecule has 1 fully saturated rings. The van der Waals surface area contributed by atoms with Gasteiger partial charge in [-0.05, 0) is 79.4 Å². The van der Waals surface area contributed by atoms with Gasteiger partial charge in [0, 0.05) is 11.1 Å². The van der Waals surface area contributed by atoms with Gasteiger partial charge in [-0.15, -0.1) is 0 Å². The molecule has 1 aromatic heterocycles. The summed E-state index contributed by atoms with van der Waals surface area (Å²) in [4.78, 5) is 27.3. The molecule has 2 N–H and O–H groups in total. The summed E-state index contributed by atoms with van der Waals surface area (Å²) < 4.78 is 39.2. The maximum atomic E-state index is 14.2. The summed E-state index contributed by atoms with van der Waals surface area (Å²) in [5.74, 6) is -2.50. The summed E-state index contributed by atoms with van der Waals surface area (Å²) in [6, 6.07) is 16.3. The largest absolute Gasteiger partial charge is 0.489 e. The van der Waals surface area contributed by atoms with Crippen LogP contribution in [0.2, 0.25) is 0 Å². The van der Waals surface area contributed by atoms with Gasteiger partial charge < -0.3 is 19.8 Å². The molecule has 0 radical (unpaired) electrons. The highest BCUT2D eigenvalue weighted by Crippen LogP contribution is 2.33. The Morgan fingerprint density at radius 1 is 1.06 bits per heavy atom. The third-order valence-corrected chi connectivity index (χ3v) is 6.21. The minimum atomic E-state index is -0.917. The number of fused-ring (bicyclic) bond motifs is 1. The minimum absolute atomic E-state index is 0.141. The van der Waals surface area contributed by atoms with Crippen molar-refractivity contribution in [3.63, 3.8) is 0 Å². The van der Waals surface area contributed by atoms with Gasteiger partial charge in [0.15, 0.2) is 11.6 Å². The van der Waals surface area contributed by atoms with Crippen LogP contribution in [-0.2, 0) is 16.1 Å².